The van der Waals surface area contributed by atoms with Crippen molar-refractivity contribution in [1.29, 1.82) is 0 Å². The summed E-state index contributed by atoms with van der Waals surface area (Å²) in [5, 5.41) is 0. The Kier molecular flexibility index (Phi) is 14.4. The van der Waals surface area contributed by atoms with Crippen LogP contribution in [0.4, 0.5) is 0 Å². The van der Waals surface area contributed by atoms with Gasteiger partial charge < -0.3 is 22.8 Å². The molecular weight excluding hydrogens is 392 g/mol. The Hall–Kier alpha value is 0.220. The second kappa shape index (κ2) is 14.2. The molecular formula is C17H39NO7P2. The summed E-state index contributed by atoms with van der Waals surface area (Å²) in [4.78, 5) is 1.97. The van der Waals surface area contributed by atoms with Crippen LogP contribution in [0.3, 0.4) is 0 Å². The number of nitrogens with zero attached hydrogens (tertiary/aromatic N) is 1. The predicted molar refractivity (Wildman–Crippen MR) is 109 cm³/mol. The molecule has 0 aliphatic heterocycles. The normalized spacial score (nSPS) is 14.3. The van der Waals surface area contributed by atoms with Crippen molar-refractivity contribution in [3.63, 3.8) is 0 Å². The van der Waals surface area contributed by atoms with Crippen LogP contribution in [0.2, 0.25) is 0 Å². The van der Waals surface area contributed by atoms with Crippen molar-refractivity contribution >= 4 is 15.2 Å². The summed E-state index contributed by atoms with van der Waals surface area (Å²) in [7, 11) is -6.33. The minimum absolute atomic E-state index is 0.0266. The summed E-state index contributed by atoms with van der Waals surface area (Å²) in [6.07, 6.45) is 0.235. The van der Waals surface area contributed by atoms with Crippen molar-refractivity contribution in [1.82, 2.24) is 4.90 Å². The molecule has 0 spiro atoms. The van der Waals surface area contributed by atoms with Gasteiger partial charge in [-0.1, -0.05) is 0 Å². The molecule has 0 radical (unpaired) electrons. The highest BCUT2D eigenvalue weighted by molar-refractivity contribution is 7.54. The van der Waals surface area contributed by atoms with E-state index in [0.717, 1.165) is 0 Å². The van der Waals surface area contributed by atoms with Gasteiger partial charge in [-0.05, 0) is 48.5 Å². The van der Waals surface area contributed by atoms with E-state index in [4.69, 9.17) is 22.8 Å². The molecule has 1 atom stereocenters. The summed E-state index contributed by atoms with van der Waals surface area (Å²) in [5.41, 5.74) is 0. The Morgan fingerprint density at radius 1 is 0.704 bits per heavy atom. The van der Waals surface area contributed by atoms with E-state index in [2.05, 4.69) is 0 Å². The number of hydrogen-bond acceptors (Lipinski definition) is 8. The molecule has 0 bridgehead atoms. The molecule has 0 amide bonds. The van der Waals surface area contributed by atoms with E-state index >= 15 is 0 Å². The zero-order valence-corrected chi connectivity index (χ0v) is 19.8. The molecule has 0 saturated carbocycles. The molecule has 0 N–H and O–H groups in total. The highest BCUT2D eigenvalue weighted by Crippen LogP contribution is 2.49. The van der Waals surface area contributed by atoms with Gasteiger partial charge in [0.25, 0.3) is 0 Å². The second-order valence-electron chi connectivity index (χ2n) is 6.16. The minimum Gasteiger partial charge on any atom is -0.361 e. The predicted octanol–water partition coefficient (Wildman–Crippen LogP) is 4.59. The van der Waals surface area contributed by atoms with Crippen molar-refractivity contribution < 1.29 is 32.0 Å². The minimum atomic E-state index is -3.17. The number of hydrogen-bond donors (Lipinski definition) is 0. The third-order valence-electron chi connectivity index (χ3n) is 3.61. The first-order chi connectivity index (χ1) is 12.6. The van der Waals surface area contributed by atoms with Crippen LogP contribution in [0.15, 0.2) is 0 Å². The summed E-state index contributed by atoms with van der Waals surface area (Å²) in [5.74, 6) is 0. The standard InChI is InChI=1S/C17H39NO7P2/c1-8-21-26(19,22-9-2)14-12-18(17(7)25-16(5)6)13-15-27(20,23-10-3)24-11-4/h16-17H,8-15H2,1-7H3. The Morgan fingerprint density at radius 2 is 1.04 bits per heavy atom. The molecule has 10 heteroatoms. The molecule has 0 saturated heterocycles. The Labute approximate surface area is 165 Å². The maximum atomic E-state index is 12.8. The van der Waals surface area contributed by atoms with Crippen LogP contribution >= 0.6 is 15.2 Å². The molecule has 164 valence electrons. The molecule has 0 rings (SSSR count). The molecule has 8 nitrogen and oxygen atoms in total. The van der Waals surface area contributed by atoms with Crippen LogP contribution in [0.5, 0.6) is 0 Å². The van der Waals surface area contributed by atoms with E-state index in [1.54, 1.807) is 27.7 Å². The van der Waals surface area contributed by atoms with Gasteiger partial charge >= 0.3 is 15.2 Å². The van der Waals surface area contributed by atoms with Crippen molar-refractivity contribution in [2.45, 2.75) is 60.8 Å². The quantitative estimate of drug-likeness (QED) is 0.244. The zero-order valence-electron chi connectivity index (χ0n) is 18.0. The van der Waals surface area contributed by atoms with Gasteiger partial charge in [0.2, 0.25) is 0 Å². The first-order valence-corrected chi connectivity index (χ1v) is 13.3. The van der Waals surface area contributed by atoms with Gasteiger partial charge in [-0.25, -0.2) is 0 Å². The second-order valence-corrected chi connectivity index (χ2v) is 10.5. The fourth-order valence-corrected chi connectivity index (χ4v) is 5.82. The van der Waals surface area contributed by atoms with Crippen LogP contribution in [0.1, 0.15) is 48.5 Å². The monoisotopic (exact) mass is 431 g/mol. The van der Waals surface area contributed by atoms with E-state index in [1.807, 2.05) is 25.7 Å². The maximum absolute atomic E-state index is 12.8. The smallest absolute Gasteiger partial charge is 0.331 e. The molecule has 0 aromatic rings. The molecule has 0 heterocycles. The molecule has 27 heavy (non-hydrogen) atoms. The number of rotatable bonds is 17. The highest BCUT2D eigenvalue weighted by Gasteiger charge is 2.29. The number of ether oxygens (including phenoxy) is 1. The largest absolute Gasteiger partial charge is 0.361 e. The lowest BCUT2D eigenvalue weighted by Gasteiger charge is -2.32. The van der Waals surface area contributed by atoms with Gasteiger partial charge in [0.05, 0.1) is 44.9 Å². The molecule has 0 aromatic carbocycles. The average molecular weight is 431 g/mol. The van der Waals surface area contributed by atoms with Crippen LogP contribution in [-0.2, 0) is 32.0 Å². The highest BCUT2D eigenvalue weighted by atomic mass is 31.2. The summed E-state index contributed by atoms with van der Waals surface area (Å²) in [6, 6.07) is 0. The van der Waals surface area contributed by atoms with Gasteiger partial charge in [0, 0.05) is 13.1 Å². The van der Waals surface area contributed by atoms with Crippen LogP contribution in [0, 0.1) is 0 Å². The van der Waals surface area contributed by atoms with Crippen molar-refractivity contribution in [3.8, 4) is 0 Å². The van der Waals surface area contributed by atoms with Crippen LogP contribution in [-0.4, -0.2) is 69.1 Å². The average Bonchev–Trinajstić information content (AvgIpc) is 2.55. The van der Waals surface area contributed by atoms with Crippen LogP contribution < -0.4 is 0 Å². The van der Waals surface area contributed by atoms with Gasteiger partial charge in [-0.15, -0.1) is 0 Å². The van der Waals surface area contributed by atoms with E-state index in [1.165, 1.54) is 0 Å². The fraction of sp³-hybridized carbons (Fsp3) is 1.00. The molecule has 0 aromatic heterocycles. The maximum Gasteiger partial charge on any atom is 0.331 e. The van der Waals surface area contributed by atoms with Crippen LogP contribution in [0.25, 0.3) is 0 Å². The molecule has 0 fully saturated rings. The zero-order chi connectivity index (χ0) is 20.9. The van der Waals surface area contributed by atoms with Gasteiger partial charge in [-0.3, -0.25) is 14.0 Å². The molecule has 1 unspecified atom stereocenters. The third kappa shape index (κ3) is 11.7. The first kappa shape index (κ1) is 27.2. The topological polar surface area (TPSA) is 83.5 Å². The Balaban J connectivity index is 5.11. The van der Waals surface area contributed by atoms with E-state index in [0.29, 0.717) is 39.5 Å². The van der Waals surface area contributed by atoms with E-state index < -0.39 is 15.2 Å². The van der Waals surface area contributed by atoms with Gasteiger partial charge in [-0.2, -0.15) is 0 Å². The summed E-state index contributed by atoms with van der Waals surface area (Å²) >= 11 is 0. The third-order valence-corrected chi connectivity index (χ3v) is 7.71. The molecule has 0 aliphatic rings. The van der Waals surface area contributed by atoms with Gasteiger partial charge in [0.15, 0.2) is 0 Å². The lowest BCUT2D eigenvalue weighted by Crippen LogP contribution is -2.40. The fourth-order valence-electron chi connectivity index (χ4n) is 2.58. The Morgan fingerprint density at radius 3 is 1.30 bits per heavy atom. The SMILES string of the molecule is CCOP(=O)(CCN(CCP(=O)(OCC)OCC)C(C)OC(C)C)OCC. The lowest BCUT2D eigenvalue weighted by atomic mass is 10.4. The lowest BCUT2D eigenvalue weighted by molar-refractivity contribution is -0.0728. The Bertz CT molecular complexity index is 422. The summed E-state index contributed by atoms with van der Waals surface area (Å²) in [6.45, 7) is 15.1. The first-order valence-electron chi connectivity index (χ1n) is 9.81. The van der Waals surface area contributed by atoms with E-state index in [-0.39, 0.29) is 24.7 Å². The van der Waals surface area contributed by atoms with Crippen molar-refractivity contribution in [3.05, 3.63) is 0 Å². The summed E-state index contributed by atoms with van der Waals surface area (Å²) < 4.78 is 52.8. The van der Waals surface area contributed by atoms with Crippen molar-refractivity contribution in [2.75, 3.05) is 51.8 Å². The van der Waals surface area contributed by atoms with Crippen molar-refractivity contribution in [2.24, 2.45) is 0 Å². The molecule has 0 aliphatic carbocycles. The van der Waals surface area contributed by atoms with Gasteiger partial charge in [0.1, 0.15) is 6.23 Å². The van der Waals surface area contributed by atoms with E-state index in [9.17, 15) is 9.13 Å².